The first-order valence-corrected chi connectivity index (χ1v) is 6.02. The van der Waals surface area contributed by atoms with Gasteiger partial charge >= 0.3 is 0 Å². The Hall–Kier alpha value is 0.250. The van der Waals surface area contributed by atoms with Gasteiger partial charge in [-0.1, -0.05) is 32.6 Å². The van der Waals surface area contributed by atoms with Gasteiger partial charge in [-0.15, -0.1) is 11.6 Å². The number of ether oxygens (including phenoxy) is 1. The minimum atomic E-state index is 0.394. The fourth-order valence-electron chi connectivity index (χ4n) is 1.59. The Labute approximate surface area is 86.8 Å². The van der Waals surface area contributed by atoms with Crippen LogP contribution in [0.5, 0.6) is 0 Å². The maximum Gasteiger partial charge on any atom is 0.0603 e. The number of hydrogen-bond acceptors (Lipinski definition) is 1. The van der Waals surface area contributed by atoms with E-state index >= 15 is 0 Å². The molecule has 0 spiro atoms. The Morgan fingerprint density at radius 1 is 1.15 bits per heavy atom. The van der Waals surface area contributed by atoms with E-state index in [2.05, 4.69) is 6.92 Å². The molecule has 0 aliphatic heterocycles. The molecular formula is C11H21ClO. The van der Waals surface area contributed by atoms with Gasteiger partial charge in [0.2, 0.25) is 0 Å². The molecule has 1 nitrogen and oxygen atoms in total. The molecule has 0 N–H and O–H groups in total. The quantitative estimate of drug-likeness (QED) is 0.454. The van der Waals surface area contributed by atoms with E-state index in [-0.39, 0.29) is 0 Å². The Balaban J connectivity index is 1.74. The molecule has 1 aliphatic rings. The van der Waals surface area contributed by atoms with Crippen molar-refractivity contribution < 1.29 is 4.74 Å². The van der Waals surface area contributed by atoms with Crippen LogP contribution in [0.25, 0.3) is 0 Å². The number of unbranched alkanes of at least 4 members (excludes halogenated alkanes) is 4. The molecule has 0 atom stereocenters. The highest BCUT2D eigenvalue weighted by atomic mass is 35.5. The summed E-state index contributed by atoms with van der Waals surface area (Å²) in [6.07, 6.45) is 9.21. The normalized spacial score (nSPS) is 27.2. The van der Waals surface area contributed by atoms with E-state index in [1.807, 2.05) is 0 Å². The summed E-state index contributed by atoms with van der Waals surface area (Å²) < 4.78 is 5.64. The van der Waals surface area contributed by atoms with Crippen LogP contribution in [0.1, 0.15) is 51.9 Å². The monoisotopic (exact) mass is 204 g/mol. The standard InChI is InChI=1S/C11H21ClO/c1-2-3-4-5-6-7-13-11-8-10(12)9-11/h10-11H,2-9H2,1H3. The molecule has 1 rings (SSSR count). The second-order valence-electron chi connectivity index (χ2n) is 3.98. The van der Waals surface area contributed by atoms with Gasteiger partial charge in [-0.25, -0.2) is 0 Å². The lowest BCUT2D eigenvalue weighted by Crippen LogP contribution is -2.32. The lowest BCUT2D eigenvalue weighted by molar-refractivity contribution is 0.00310. The van der Waals surface area contributed by atoms with E-state index in [9.17, 15) is 0 Å². The molecule has 0 aromatic heterocycles. The van der Waals surface area contributed by atoms with E-state index in [0.717, 1.165) is 19.4 Å². The fraction of sp³-hybridized carbons (Fsp3) is 1.00. The minimum Gasteiger partial charge on any atom is -0.378 e. The van der Waals surface area contributed by atoms with Crippen LogP contribution in [-0.4, -0.2) is 18.1 Å². The molecule has 0 bridgehead atoms. The Morgan fingerprint density at radius 2 is 1.85 bits per heavy atom. The predicted molar refractivity (Wildman–Crippen MR) is 57.4 cm³/mol. The minimum absolute atomic E-state index is 0.394. The van der Waals surface area contributed by atoms with E-state index in [4.69, 9.17) is 16.3 Å². The van der Waals surface area contributed by atoms with E-state index in [1.165, 1.54) is 32.1 Å². The van der Waals surface area contributed by atoms with Crippen molar-refractivity contribution in [3.8, 4) is 0 Å². The molecule has 2 heteroatoms. The van der Waals surface area contributed by atoms with Gasteiger partial charge in [0.15, 0.2) is 0 Å². The van der Waals surface area contributed by atoms with Gasteiger partial charge in [0.05, 0.1) is 6.10 Å². The molecule has 1 aliphatic carbocycles. The first kappa shape index (κ1) is 11.3. The van der Waals surface area contributed by atoms with Gasteiger partial charge in [0, 0.05) is 12.0 Å². The molecule has 0 saturated heterocycles. The number of halogens is 1. The molecule has 0 heterocycles. The molecule has 0 amide bonds. The zero-order valence-electron chi connectivity index (χ0n) is 8.60. The zero-order valence-corrected chi connectivity index (χ0v) is 9.35. The molecule has 1 fully saturated rings. The van der Waals surface area contributed by atoms with Crippen LogP contribution in [0.3, 0.4) is 0 Å². The predicted octanol–water partition coefficient (Wildman–Crippen LogP) is 3.74. The SMILES string of the molecule is CCCCCCCOC1CC(Cl)C1. The van der Waals surface area contributed by atoms with Crippen LogP contribution < -0.4 is 0 Å². The van der Waals surface area contributed by atoms with Crippen molar-refractivity contribution in [1.29, 1.82) is 0 Å². The van der Waals surface area contributed by atoms with Gasteiger partial charge in [-0.3, -0.25) is 0 Å². The maximum absolute atomic E-state index is 5.85. The number of rotatable bonds is 7. The molecule has 0 unspecified atom stereocenters. The molecule has 13 heavy (non-hydrogen) atoms. The Kier molecular flexibility index (Phi) is 5.81. The van der Waals surface area contributed by atoms with Crippen molar-refractivity contribution in [3.63, 3.8) is 0 Å². The van der Waals surface area contributed by atoms with E-state index in [0.29, 0.717) is 11.5 Å². The Bertz CT molecular complexity index is 121. The summed E-state index contributed by atoms with van der Waals surface area (Å²) in [5.74, 6) is 0. The molecule has 0 radical (unpaired) electrons. The summed E-state index contributed by atoms with van der Waals surface area (Å²) >= 11 is 5.85. The Morgan fingerprint density at radius 3 is 2.46 bits per heavy atom. The van der Waals surface area contributed by atoms with Gasteiger partial charge in [-0.05, 0) is 19.3 Å². The summed E-state index contributed by atoms with van der Waals surface area (Å²) in [6.45, 7) is 3.18. The molecule has 1 saturated carbocycles. The van der Waals surface area contributed by atoms with Gasteiger partial charge in [0.25, 0.3) is 0 Å². The zero-order chi connectivity index (χ0) is 9.52. The van der Waals surface area contributed by atoms with Crippen molar-refractivity contribution in [1.82, 2.24) is 0 Å². The van der Waals surface area contributed by atoms with Gasteiger partial charge in [0.1, 0.15) is 0 Å². The summed E-state index contributed by atoms with van der Waals surface area (Å²) in [5, 5.41) is 0.394. The van der Waals surface area contributed by atoms with Crippen LogP contribution in [-0.2, 0) is 4.74 Å². The van der Waals surface area contributed by atoms with Crippen molar-refractivity contribution in [2.45, 2.75) is 63.4 Å². The van der Waals surface area contributed by atoms with Crippen LogP contribution in [0.15, 0.2) is 0 Å². The summed E-state index contributed by atoms with van der Waals surface area (Å²) in [6, 6.07) is 0. The van der Waals surface area contributed by atoms with E-state index in [1.54, 1.807) is 0 Å². The third-order valence-corrected chi connectivity index (χ3v) is 3.00. The van der Waals surface area contributed by atoms with Crippen LogP contribution in [0.4, 0.5) is 0 Å². The van der Waals surface area contributed by atoms with Crippen molar-refractivity contribution in [2.75, 3.05) is 6.61 Å². The van der Waals surface area contributed by atoms with Gasteiger partial charge in [-0.2, -0.15) is 0 Å². The molecular weight excluding hydrogens is 184 g/mol. The second kappa shape index (κ2) is 6.67. The summed E-state index contributed by atoms with van der Waals surface area (Å²) in [4.78, 5) is 0. The average molecular weight is 205 g/mol. The topological polar surface area (TPSA) is 9.23 Å². The van der Waals surface area contributed by atoms with Crippen molar-refractivity contribution >= 4 is 11.6 Å². The maximum atomic E-state index is 5.85. The van der Waals surface area contributed by atoms with Crippen LogP contribution in [0.2, 0.25) is 0 Å². The van der Waals surface area contributed by atoms with Crippen LogP contribution in [0, 0.1) is 0 Å². The highest BCUT2D eigenvalue weighted by Crippen LogP contribution is 2.28. The highest BCUT2D eigenvalue weighted by Gasteiger charge is 2.27. The molecule has 0 aromatic carbocycles. The van der Waals surface area contributed by atoms with Crippen molar-refractivity contribution in [2.24, 2.45) is 0 Å². The van der Waals surface area contributed by atoms with Gasteiger partial charge < -0.3 is 4.74 Å². The second-order valence-corrected chi connectivity index (χ2v) is 4.59. The largest absolute Gasteiger partial charge is 0.378 e. The first-order chi connectivity index (χ1) is 6.33. The van der Waals surface area contributed by atoms with Crippen molar-refractivity contribution in [3.05, 3.63) is 0 Å². The highest BCUT2D eigenvalue weighted by molar-refractivity contribution is 6.21. The third kappa shape index (κ3) is 4.87. The molecule has 78 valence electrons. The molecule has 0 aromatic rings. The lowest BCUT2D eigenvalue weighted by Gasteiger charge is -2.30. The number of hydrogen-bond donors (Lipinski definition) is 0. The third-order valence-electron chi connectivity index (χ3n) is 2.64. The van der Waals surface area contributed by atoms with Crippen LogP contribution >= 0.6 is 11.6 Å². The smallest absolute Gasteiger partial charge is 0.0603 e. The summed E-state index contributed by atoms with van der Waals surface area (Å²) in [7, 11) is 0. The first-order valence-electron chi connectivity index (χ1n) is 5.58. The summed E-state index contributed by atoms with van der Waals surface area (Å²) in [5.41, 5.74) is 0. The fourth-order valence-corrected chi connectivity index (χ4v) is 1.99. The lowest BCUT2D eigenvalue weighted by atomic mass is 9.95. The van der Waals surface area contributed by atoms with E-state index < -0.39 is 0 Å². The average Bonchev–Trinajstić information content (AvgIpc) is 2.07. The number of alkyl halides is 1.